The minimum absolute atomic E-state index is 0.685. The molecule has 1 aromatic carbocycles. The van der Waals surface area contributed by atoms with Crippen molar-refractivity contribution in [3.05, 3.63) is 35.4 Å². The quantitative estimate of drug-likeness (QED) is 0.893. The second-order valence-electron chi connectivity index (χ2n) is 6.23. The number of nitrogens with one attached hydrogen (secondary N) is 1. The summed E-state index contributed by atoms with van der Waals surface area (Å²) >= 11 is 0. The molecular formula is C17H26N2. The molecule has 1 aromatic rings. The van der Waals surface area contributed by atoms with Crippen molar-refractivity contribution in [3.63, 3.8) is 0 Å². The summed E-state index contributed by atoms with van der Waals surface area (Å²) < 4.78 is 0. The first-order valence-electron chi connectivity index (χ1n) is 7.87. The normalized spacial score (nSPS) is 27.4. The molecule has 0 bridgehead atoms. The lowest BCUT2D eigenvalue weighted by Crippen LogP contribution is -2.36. The summed E-state index contributed by atoms with van der Waals surface area (Å²) in [5, 5.41) is 3.57. The van der Waals surface area contributed by atoms with Crippen LogP contribution in [-0.4, -0.2) is 31.1 Å². The number of nitrogens with zero attached hydrogens (tertiary/aromatic N) is 1. The van der Waals surface area contributed by atoms with Gasteiger partial charge in [0.2, 0.25) is 0 Å². The highest BCUT2D eigenvalue weighted by Gasteiger charge is 2.26. The van der Waals surface area contributed by atoms with E-state index in [4.69, 9.17) is 0 Å². The van der Waals surface area contributed by atoms with Gasteiger partial charge in [0.05, 0.1) is 0 Å². The Bertz CT molecular complexity index is 415. The Morgan fingerprint density at radius 2 is 2.21 bits per heavy atom. The second kappa shape index (κ2) is 6.06. The molecule has 0 saturated carbocycles. The van der Waals surface area contributed by atoms with E-state index >= 15 is 0 Å². The van der Waals surface area contributed by atoms with Crippen LogP contribution < -0.4 is 5.32 Å². The third-order valence-corrected chi connectivity index (χ3v) is 4.75. The van der Waals surface area contributed by atoms with Crippen LogP contribution in [0.5, 0.6) is 0 Å². The summed E-state index contributed by atoms with van der Waals surface area (Å²) in [6, 6.07) is 8.97. The van der Waals surface area contributed by atoms with E-state index in [-0.39, 0.29) is 0 Å². The summed E-state index contributed by atoms with van der Waals surface area (Å²) in [6.45, 7) is 8.38. The Hall–Kier alpha value is -0.860. The van der Waals surface area contributed by atoms with Gasteiger partial charge in [-0.05, 0) is 36.4 Å². The molecule has 1 saturated heterocycles. The van der Waals surface area contributed by atoms with Crippen molar-refractivity contribution >= 4 is 0 Å². The van der Waals surface area contributed by atoms with Crippen molar-refractivity contribution in [2.75, 3.05) is 26.2 Å². The van der Waals surface area contributed by atoms with Crippen LogP contribution in [0.25, 0.3) is 0 Å². The van der Waals surface area contributed by atoms with Crippen LogP contribution in [0.4, 0.5) is 0 Å². The highest BCUT2D eigenvalue weighted by Crippen LogP contribution is 2.28. The van der Waals surface area contributed by atoms with Gasteiger partial charge in [0.15, 0.2) is 0 Å². The van der Waals surface area contributed by atoms with Gasteiger partial charge in [-0.3, -0.25) is 0 Å². The molecule has 0 radical (unpaired) electrons. The zero-order valence-corrected chi connectivity index (χ0v) is 12.1. The van der Waals surface area contributed by atoms with E-state index in [2.05, 4.69) is 41.4 Å². The molecule has 2 aliphatic heterocycles. The molecule has 2 heteroatoms. The largest absolute Gasteiger partial charge is 0.312 e. The van der Waals surface area contributed by atoms with E-state index in [1.165, 1.54) is 44.5 Å². The second-order valence-corrected chi connectivity index (χ2v) is 6.23. The van der Waals surface area contributed by atoms with Crippen LogP contribution in [0, 0.1) is 5.92 Å². The molecule has 1 fully saturated rings. The maximum atomic E-state index is 3.57. The lowest BCUT2D eigenvalue weighted by atomic mass is 9.90. The van der Waals surface area contributed by atoms with E-state index in [1.54, 1.807) is 5.56 Å². The molecule has 3 rings (SSSR count). The topological polar surface area (TPSA) is 15.3 Å². The van der Waals surface area contributed by atoms with Crippen LogP contribution in [0.15, 0.2) is 24.3 Å². The fourth-order valence-corrected chi connectivity index (χ4v) is 3.78. The third kappa shape index (κ3) is 3.01. The minimum atomic E-state index is 0.685. The molecule has 1 N–H and O–H groups in total. The van der Waals surface area contributed by atoms with Crippen molar-refractivity contribution in [2.24, 2.45) is 5.92 Å². The standard InChI is InChI=1S/C17H26N2/c1-2-5-14-8-9-19(12-14)13-16-11-18-10-15-6-3-4-7-17(15)16/h3-4,6-7,14,16,18H,2,5,8-13H2,1H3. The molecule has 0 aliphatic carbocycles. The molecule has 0 amide bonds. The van der Waals surface area contributed by atoms with E-state index < -0.39 is 0 Å². The van der Waals surface area contributed by atoms with Crippen LogP contribution >= 0.6 is 0 Å². The first-order chi connectivity index (χ1) is 9.36. The molecule has 19 heavy (non-hydrogen) atoms. The molecule has 104 valence electrons. The summed E-state index contributed by atoms with van der Waals surface area (Å²) in [6.07, 6.45) is 4.16. The number of hydrogen-bond donors (Lipinski definition) is 1. The lowest BCUT2D eigenvalue weighted by molar-refractivity contribution is 0.289. The SMILES string of the molecule is CCCC1CCN(CC2CNCc3ccccc32)C1. The van der Waals surface area contributed by atoms with E-state index in [0.29, 0.717) is 5.92 Å². The summed E-state index contributed by atoms with van der Waals surface area (Å²) in [5.74, 6) is 1.64. The lowest BCUT2D eigenvalue weighted by Gasteiger charge is -2.30. The third-order valence-electron chi connectivity index (χ3n) is 4.75. The molecule has 2 unspecified atom stereocenters. The number of rotatable bonds is 4. The fraction of sp³-hybridized carbons (Fsp3) is 0.647. The van der Waals surface area contributed by atoms with Gasteiger partial charge >= 0.3 is 0 Å². The number of fused-ring (bicyclic) bond motifs is 1. The first kappa shape index (κ1) is 13.1. The maximum absolute atomic E-state index is 3.57. The van der Waals surface area contributed by atoms with Crippen LogP contribution in [0.1, 0.15) is 43.2 Å². The zero-order chi connectivity index (χ0) is 13.1. The Labute approximate surface area is 117 Å². The molecule has 2 atom stereocenters. The predicted molar refractivity (Wildman–Crippen MR) is 80.3 cm³/mol. The molecule has 2 aliphatic rings. The minimum Gasteiger partial charge on any atom is -0.312 e. The molecule has 0 spiro atoms. The predicted octanol–water partition coefficient (Wildman–Crippen LogP) is 3.00. The Morgan fingerprint density at radius 3 is 3.11 bits per heavy atom. The number of hydrogen-bond acceptors (Lipinski definition) is 2. The van der Waals surface area contributed by atoms with Crippen molar-refractivity contribution in [3.8, 4) is 0 Å². The van der Waals surface area contributed by atoms with E-state index in [1.807, 2.05) is 0 Å². The van der Waals surface area contributed by atoms with Gasteiger partial charge in [-0.1, -0.05) is 37.6 Å². The van der Waals surface area contributed by atoms with Crippen LogP contribution in [0.2, 0.25) is 0 Å². The molecule has 2 nitrogen and oxygen atoms in total. The first-order valence-corrected chi connectivity index (χ1v) is 7.87. The highest BCUT2D eigenvalue weighted by atomic mass is 15.1. The van der Waals surface area contributed by atoms with Crippen molar-refractivity contribution in [1.29, 1.82) is 0 Å². The summed E-state index contributed by atoms with van der Waals surface area (Å²) in [7, 11) is 0. The Morgan fingerprint density at radius 1 is 1.32 bits per heavy atom. The van der Waals surface area contributed by atoms with Gasteiger partial charge < -0.3 is 10.2 Å². The van der Waals surface area contributed by atoms with Gasteiger partial charge in [-0.25, -0.2) is 0 Å². The highest BCUT2D eigenvalue weighted by molar-refractivity contribution is 5.32. The van der Waals surface area contributed by atoms with Gasteiger partial charge in [0, 0.05) is 32.1 Å². The van der Waals surface area contributed by atoms with E-state index in [9.17, 15) is 0 Å². The molecule has 2 heterocycles. The van der Waals surface area contributed by atoms with Gasteiger partial charge in [-0.15, -0.1) is 0 Å². The average molecular weight is 258 g/mol. The molecule has 0 aromatic heterocycles. The molecular weight excluding hydrogens is 232 g/mol. The summed E-state index contributed by atoms with van der Waals surface area (Å²) in [5.41, 5.74) is 3.09. The Kier molecular flexibility index (Phi) is 4.19. The van der Waals surface area contributed by atoms with Gasteiger partial charge in [0.1, 0.15) is 0 Å². The van der Waals surface area contributed by atoms with Crippen molar-refractivity contribution in [1.82, 2.24) is 10.2 Å². The fourth-order valence-electron chi connectivity index (χ4n) is 3.78. The average Bonchev–Trinajstić information content (AvgIpc) is 2.87. The van der Waals surface area contributed by atoms with Crippen molar-refractivity contribution < 1.29 is 0 Å². The van der Waals surface area contributed by atoms with Gasteiger partial charge in [0.25, 0.3) is 0 Å². The van der Waals surface area contributed by atoms with Crippen LogP contribution in [-0.2, 0) is 6.54 Å². The smallest absolute Gasteiger partial charge is 0.0208 e. The Balaban J connectivity index is 1.62. The van der Waals surface area contributed by atoms with Crippen molar-refractivity contribution in [2.45, 2.75) is 38.6 Å². The van der Waals surface area contributed by atoms with Gasteiger partial charge in [-0.2, -0.15) is 0 Å². The zero-order valence-electron chi connectivity index (χ0n) is 12.1. The summed E-state index contributed by atoms with van der Waals surface area (Å²) in [4.78, 5) is 2.69. The van der Waals surface area contributed by atoms with E-state index in [0.717, 1.165) is 19.0 Å². The monoisotopic (exact) mass is 258 g/mol. The van der Waals surface area contributed by atoms with Crippen LogP contribution in [0.3, 0.4) is 0 Å². The maximum Gasteiger partial charge on any atom is 0.0208 e. The number of benzene rings is 1. The number of likely N-dealkylation sites (tertiary alicyclic amines) is 1.